The zero-order chi connectivity index (χ0) is 17.5. The van der Waals surface area contributed by atoms with Crippen LogP contribution in [0.5, 0.6) is 0 Å². The van der Waals surface area contributed by atoms with Crippen LogP contribution in [0.25, 0.3) is 0 Å². The summed E-state index contributed by atoms with van der Waals surface area (Å²) in [4.78, 5) is 26.0. The van der Waals surface area contributed by atoms with E-state index in [0.717, 1.165) is 18.5 Å². The Kier molecular flexibility index (Phi) is 5.83. The fourth-order valence-corrected chi connectivity index (χ4v) is 3.22. The summed E-state index contributed by atoms with van der Waals surface area (Å²) in [5.74, 6) is 0.391. The summed E-state index contributed by atoms with van der Waals surface area (Å²) in [7, 11) is 0. The van der Waals surface area contributed by atoms with Crippen LogP contribution in [-0.4, -0.2) is 24.9 Å². The van der Waals surface area contributed by atoms with Gasteiger partial charge in [-0.15, -0.1) is 0 Å². The van der Waals surface area contributed by atoms with Gasteiger partial charge in [-0.1, -0.05) is 48.5 Å². The second-order valence-electron chi connectivity index (χ2n) is 6.55. The molecule has 2 aromatic carbocycles. The highest BCUT2D eigenvalue weighted by atomic mass is 16.2. The molecule has 0 aromatic heterocycles. The van der Waals surface area contributed by atoms with Crippen LogP contribution < -0.4 is 10.2 Å². The average molecular weight is 336 g/mol. The summed E-state index contributed by atoms with van der Waals surface area (Å²) >= 11 is 0. The lowest BCUT2D eigenvalue weighted by Gasteiger charge is -2.16. The van der Waals surface area contributed by atoms with Crippen LogP contribution in [0, 0.1) is 5.92 Å². The Hall–Kier alpha value is -2.62. The van der Waals surface area contributed by atoms with Gasteiger partial charge in [-0.3, -0.25) is 9.59 Å². The molecule has 0 spiro atoms. The van der Waals surface area contributed by atoms with Crippen LogP contribution in [-0.2, 0) is 16.0 Å². The first kappa shape index (κ1) is 17.2. The van der Waals surface area contributed by atoms with Gasteiger partial charge in [-0.25, -0.2) is 0 Å². The molecule has 1 aliphatic heterocycles. The lowest BCUT2D eigenvalue weighted by molar-refractivity contribution is -0.121. The summed E-state index contributed by atoms with van der Waals surface area (Å²) in [6, 6.07) is 19.9. The number of rotatable bonds is 7. The summed E-state index contributed by atoms with van der Waals surface area (Å²) in [5, 5.41) is 2.99. The molecular formula is C21H24N2O2. The number of hydrogen-bond acceptors (Lipinski definition) is 2. The van der Waals surface area contributed by atoms with Crippen molar-refractivity contribution < 1.29 is 9.59 Å². The Morgan fingerprint density at radius 2 is 1.72 bits per heavy atom. The topological polar surface area (TPSA) is 49.4 Å². The van der Waals surface area contributed by atoms with E-state index in [4.69, 9.17) is 0 Å². The fraction of sp³-hybridized carbons (Fsp3) is 0.333. The van der Waals surface area contributed by atoms with Crippen molar-refractivity contribution in [1.29, 1.82) is 0 Å². The summed E-state index contributed by atoms with van der Waals surface area (Å²) < 4.78 is 0. The summed E-state index contributed by atoms with van der Waals surface area (Å²) in [6.07, 6.45) is 2.78. The number of para-hydroxylation sites is 1. The monoisotopic (exact) mass is 336 g/mol. The Balaban J connectivity index is 1.39. The first-order valence-electron chi connectivity index (χ1n) is 8.88. The predicted octanol–water partition coefficient (Wildman–Crippen LogP) is 3.18. The minimum atomic E-state index is 0.0709. The number of nitrogens with one attached hydrogen (secondary N) is 1. The van der Waals surface area contributed by atoms with Crippen molar-refractivity contribution in [2.45, 2.75) is 25.7 Å². The molecule has 1 N–H and O–H groups in total. The van der Waals surface area contributed by atoms with E-state index >= 15 is 0 Å². The van der Waals surface area contributed by atoms with Crippen LogP contribution in [0.2, 0.25) is 0 Å². The van der Waals surface area contributed by atoms with E-state index in [-0.39, 0.29) is 17.7 Å². The molecule has 3 rings (SSSR count). The zero-order valence-corrected chi connectivity index (χ0v) is 14.4. The molecule has 0 bridgehead atoms. The molecule has 0 aliphatic carbocycles. The smallest absolute Gasteiger partial charge is 0.227 e. The number of nitrogens with zero attached hydrogens (tertiary/aromatic N) is 1. The Labute approximate surface area is 148 Å². The van der Waals surface area contributed by atoms with E-state index in [0.29, 0.717) is 25.9 Å². The van der Waals surface area contributed by atoms with Crippen molar-refractivity contribution in [3.8, 4) is 0 Å². The van der Waals surface area contributed by atoms with Crippen LogP contribution in [0.3, 0.4) is 0 Å². The molecule has 2 amide bonds. The molecule has 1 aliphatic rings. The van der Waals surface area contributed by atoms with Gasteiger partial charge in [0.25, 0.3) is 0 Å². The van der Waals surface area contributed by atoms with Crippen LogP contribution in [0.4, 0.5) is 5.69 Å². The molecule has 1 saturated heterocycles. The van der Waals surface area contributed by atoms with Crippen molar-refractivity contribution in [2.75, 3.05) is 18.0 Å². The molecule has 1 fully saturated rings. The first-order valence-corrected chi connectivity index (χ1v) is 8.88. The molecule has 130 valence electrons. The Bertz CT molecular complexity index is 700. The van der Waals surface area contributed by atoms with Crippen molar-refractivity contribution >= 4 is 17.5 Å². The molecule has 0 unspecified atom stereocenters. The lowest BCUT2D eigenvalue weighted by atomic mass is 10.1. The van der Waals surface area contributed by atoms with Gasteiger partial charge in [0.15, 0.2) is 0 Å². The molecule has 2 aromatic rings. The van der Waals surface area contributed by atoms with Crippen LogP contribution >= 0.6 is 0 Å². The fourth-order valence-electron chi connectivity index (χ4n) is 3.22. The number of carbonyl (C=O) groups excluding carboxylic acids is 2. The van der Waals surface area contributed by atoms with Crippen LogP contribution in [0.15, 0.2) is 60.7 Å². The minimum Gasteiger partial charge on any atom is -0.356 e. The number of anilines is 1. The molecule has 25 heavy (non-hydrogen) atoms. The third kappa shape index (κ3) is 4.92. The predicted molar refractivity (Wildman–Crippen MR) is 99.3 cm³/mol. The molecule has 1 heterocycles. The van der Waals surface area contributed by atoms with Gasteiger partial charge in [0.1, 0.15) is 0 Å². The van der Waals surface area contributed by atoms with Gasteiger partial charge in [0, 0.05) is 37.5 Å². The second-order valence-corrected chi connectivity index (χ2v) is 6.55. The first-order chi connectivity index (χ1) is 12.2. The highest BCUT2D eigenvalue weighted by Crippen LogP contribution is 2.24. The molecule has 4 heteroatoms. The lowest BCUT2D eigenvalue weighted by Crippen LogP contribution is -2.31. The highest BCUT2D eigenvalue weighted by molar-refractivity contribution is 5.95. The van der Waals surface area contributed by atoms with Crippen molar-refractivity contribution in [2.24, 2.45) is 5.92 Å². The van der Waals surface area contributed by atoms with E-state index in [9.17, 15) is 9.59 Å². The Morgan fingerprint density at radius 3 is 2.44 bits per heavy atom. The molecule has 0 saturated carbocycles. The number of benzene rings is 2. The largest absolute Gasteiger partial charge is 0.356 e. The van der Waals surface area contributed by atoms with E-state index in [1.807, 2.05) is 53.4 Å². The van der Waals surface area contributed by atoms with Gasteiger partial charge in [-0.05, 0) is 30.5 Å². The maximum absolute atomic E-state index is 12.2. The third-order valence-corrected chi connectivity index (χ3v) is 4.57. The normalized spacial score (nSPS) is 16.9. The maximum Gasteiger partial charge on any atom is 0.227 e. The van der Waals surface area contributed by atoms with Gasteiger partial charge in [0.05, 0.1) is 0 Å². The van der Waals surface area contributed by atoms with E-state index in [1.54, 1.807) is 0 Å². The second kappa shape index (κ2) is 8.47. The summed E-state index contributed by atoms with van der Waals surface area (Å²) in [5.41, 5.74) is 2.19. The SMILES string of the molecule is O=C(CCCc1ccccc1)NC[C@H]1CC(=O)N(c2ccccc2)C1. The molecule has 1 atom stereocenters. The number of aryl methyl sites for hydroxylation is 1. The van der Waals surface area contributed by atoms with Crippen molar-refractivity contribution in [3.05, 3.63) is 66.2 Å². The van der Waals surface area contributed by atoms with Gasteiger partial charge >= 0.3 is 0 Å². The molecule has 0 radical (unpaired) electrons. The van der Waals surface area contributed by atoms with Gasteiger partial charge in [0.2, 0.25) is 11.8 Å². The number of hydrogen-bond donors (Lipinski definition) is 1. The maximum atomic E-state index is 12.2. The van der Waals surface area contributed by atoms with E-state index in [1.165, 1.54) is 5.56 Å². The number of carbonyl (C=O) groups is 2. The minimum absolute atomic E-state index is 0.0709. The van der Waals surface area contributed by atoms with E-state index in [2.05, 4.69) is 17.4 Å². The van der Waals surface area contributed by atoms with Crippen LogP contribution in [0.1, 0.15) is 24.8 Å². The highest BCUT2D eigenvalue weighted by Gasteiger charge is 2.30. The van der Waals surface area contributed by atoms with Crippen molar-refractivity contribution in [3.63, 3.8) is 0 Å². The average Bonchev–Trinajstić information content (AvgIpc) is 3.02. The van der Waals surface area contributed by atoms with Gasteiger partial charge in [-0.2, -0.15) is 0 Å². The standard InChI is InChI=1S/C21H24N2O2/c24-20(13-7-10-17-8-3-1-4-9-17)22-15-18-14-21(25)23(16-18)19-11-5-2-6-12-19/h1-6,8-9,11-12,18H,7,10,13-16H2,(H,22,24)/t18-/m1/s1. The van der Waals surface area contributed by atoms with Gasteiger partial charge < -0.3 is 10.2 Å². The zero-order valence-electron chi connectivity index (χ0n) is 14.4. The summed E-state index contributed by atoms with van der Waals surface area (Å²) in [6.45, 7) is 1.24. The Morgan fingerprint density at radius 1 is 1.04 bits per heavy atom. The third-order valence-electron chi connectivity index (χ3n) is 4.57. The van der Waals surface area contributed by atoms with E-state index < -0.39 is 0 Å². The quantitative estimate of drug-likeness (QED) is 0.844. The van der Waals surface area contributed by atoms with Crippen molar-refractivity contribution in [1.82, 2.24) is 5.32 Å². The molecular weight excluding hydrogens is 312 g/mol. The molecule has 4 nitrogen and oxygen atoms in total. The number of amides is 2.